The van der Waals surface area contributed by atoms with Gasteiger partial charge in [0.05, 0.1) is 0 Å². The normalized spacial score (nSPS) is 7.50. The number of rotatable bonds is 0. The quantitative estimate of drug-likeness (QED) is 0.385. The smallest absolute Gasteiger partial charge is 2.00 e. The molecule has 42 valence electrons. The van der Waals surface area contributed by atoms with Crippen molar-refractivity contribution in [2.24, 2.45) is 0 Å². The summed E-state index contributed by atoms with van der Waals surface area (Å²) in [6.45, 7) is 0. The Labute approximate surface area is 115 Å². The minimum absolute atomic E-state index is 0. The molecule has 0 saturated heterocycles. The molecule has 0 aromatic carbocycles. The van der Waals surface area contributed by atoms with E-state index >= 15 is 0 Å². The van der Waals surface area contributed by atoms with Crippen molar-refractivity contribution in [3.8, 4) is 0 Å². The molecule has 0 heterocycles. The molecule has 0 aliphatic heterocycles. The third kappa shape index (κ3) is 69.0. The molecule has 0 aliphatic rings. The first kappa shape index (κ1) is 22.4. The van der Waals surface area contributed by atoms with E-state index in [1.165, 1.54) is 0 Å². The first-order valence-electron chi connectivity index (χ1n) is 0.816. The molecule has 0 aromatic rings. The molecule has 0 N–H and O–H groups in total. The van der Waals surface area contributed by atoms with Crippen LogP contribution in [0.25, 0.3) is 0 Å². The minimum atomic E-state index is -5.61. The van der Waals surface area contributed by atoms with Crippen molar-refractivity contribution in [1.29, 1.82) is 0 Å². The fraction of sp³-hybridized carbons (Fsp3) is 0. The molecule has 8 heavy (non-hydrogen) atoms. The molecule has 0 aromatic heterocycles. The second-order valence-corrected chi connectivity index (χ2v) is 1.50. The molecule has 8 heteroatoms. The van der Waals surface area contributed by atoms with Crippen molar-refractivity contribution in [3.05, 3.63) is 0 Å². The van der Waals surface area contributed by atoms with Crippen molar-refractivity contribution < 1.29 is 108 Å². The van der Waals surface area contributed by atoms with Gasteiger partial charge in [-0.2, -0.15) is 0 Å². The SMILES string of the molecule is [Ce+3].[Ce+3].[O-2].[O-][Si]([O-])([O-])[O-]. The number of hydrogen-bond acceptors (Lipinski definition) is 4. The Hall–Kier alpha value is 2.77. The van der Waals surface area contributed by atoms with Gasteiger partial charge in [0.1, 0.15) is 0 Å². The summed E-state index contributed by atoms with van der Waals surface area (Å²) in [5.41, 5.74) is 0. The number of hydrogen-bond donors (Lipinski definition) is 0. The maximum Gasteiger partial charge on any atom is 3.00 e. The van der Waals surface area contributed by atoms with E-state index in [9.17, 15) is 0 Å². The van der Waals surface area contributed by atoms with E-state index in [4.69, 9.17) is 19.2 Å². The van der Waals surface area contributed by atoms with Gasteiger partial charge in [-0.1, -0.05) is 0 Å². The van der Waals surface area contributed by atoms with E-state index in [2.05, 4.69) is 0 Å². The van der Waals surface area contributed by atoms with Crippen LogP contribution in [0.5, 0.6) is 0 Å². The van der Waals surface area contributed by atoms with Crippen LogP contribution in [0.1, 0.15) is 0 Å². The maximum absolute atomic E-state index is 8.58. The van der Waals surface area contributed by atoms with Gasteiger partial charge in [0, 0.05) is 0 Å². The predicted octanol–water partition coefficient (Wildman–Crippen LogP) is -5.26. The molecule has 0 fully saturated rings. The first-order chi connectivity index (χ1) is 2.00. The third-order valence-electron chi connectivity index (χ3n) is 0. The summed E-state index contributed by atoms with van der Waals surface area (Å²) in [5, 5.41) is 0. The van der Waals surface area contributed by atoms with Gasteiger partial charge >= 0.3 is 83.5 Å². The van der Waals surface area contributed by atoms with Gasteiger partial charge in [0.25, 0.3) is 0 Å². The second kappa shape index (κ2) is 9.77. The zero-order valence-electron chi connectivity index (χ0n) is 3.54. The van der Waals surface area contributed by atoms with E-state index in [1.54, 1.807) is 0 Å². The monoisotopic (exact) mass is 388 g/mol. The van der Waals surface area contributed by atoms with Crippen molar-refractivity contribution >= 4 is 9.05 Å². The van der Waals surface area contributed by atoms with Crippen molar-refractivity contribution in [2.75, 3.05) is 0 Å². The first-order valence-corrected chi connectivity index (χ1v) is 2.45. The Bertz CT molecular complexity index is 25.9. The van der Waals surface area contributed by atoms with Crippen LogP contribution in [-0.2, 0) is 5.48 Å². The summed E-state index contributed by atoms with van der Waals surface area (Å²) < 4.78 is 0. The Kier molecular flexibility index (Phi) is 27.4. The summed E-state index contributed by atoms with van der Waals surface area (Å²) in [6, 6.07) is 0. The van der Waals surface area contributed by atoms with Gasteiger partial charge in [0.2, 0.25) is 0 Å². The molecular weight excluding hydrogens is 388 g/mol. The summed E-state index contributed by atoms with van der Waals surface area (Å²) in [5.74, 6) is 0. The zero-order valence-corrected chi connectivity index (χ0v) is 10.8. The molecule has 0 unspecified atom stereocenters. The fourth-order valence-electron chi connectivity index (χ4n) is 0. The summed E-state index contributed by atoms with van der Waals surface area (Å²) in [4.78, 5) is 34.3. The van der Waals surface area contributed by atoms with Crippen LogP contribution in [0, 0.1) is 83.5 Å². The summed E-state index contributed by atoms with van der Waals surface area (Å²) >= 11 is 0. The van der Waals surface area contributed by atoms with Crippen molar-refractivity contribution in [1.82, 2.24) is 0 Å². The Morgan fingerprint density at radius 1 is 0.750 bits per heavy atom. The van der Waals surface area contributed by atoms with Gasteiger partial charge in [-0.15, -0.1) is 0 Å². The van der Waals surface area contributed by atoms with E-state index in [0.29, 0.717) is 0 Å². The molecule has 0 atom stereocenters. The van der Waals surface area contributed by atoms with Gasteiger partial charge < -0.3 is 33.7 Å². The Balaban J connectivity index is -0.0000000267. The van der Waals surface area contributed by atoms with E-state index < -0.39 is 9.05 Å². The third-order valence-corrected chi connectivity index (χ3v) is 0. The van der Waals surface area contributed by atoms with Gasteiger partial charge in [-0.3, -0.25) is 0 Å². The van der Waals surface area contributed by atoms with Crippen LogP contribution < -0.4 is 19.2 Å². The van der Waals surface area contributed by atoms with Gasteiger partial charge in [-0.25, -0.2) is 0 Å². The van der Waals surface area contributed by atoms with Crippen LogP contribution >= 0.6 is 0 Å². The molecule has 0 rings (SSSR count). The molecule has 0 bridgehead atoms. The molecule has 0 spiro atoms. The molecule has 0 aliphatic carbocycles. The average Bonchev–Trinajstić information content (AvgIpc) is 0.722. The van der Waals surface area contributed by atoms with Crippen LogP contribution in [0.3, 0.4) is 0 Å². The Morgan fingerprint density at radius 3 is 0.750 bits per heavy atom. The van der Waals surface area contributed by atoms with Crippen LogP contribution in [0.2, 0.25) is 0 Å². The molecule has 2 radical (unpaired) electrons. The van der Waals surface area contributed by atoms with Gasteiger partial charge in [0.15, 0.2) is 0 Å². The average molecular weight is 388 g/mol. The molecule has 0 saturated carbocycles. The van der Waals surface area contributed by atoms with Crippen molar-refractivity contribution in [2.45, 2.75) is 0 Å². The molecule has 5 nitrogen and oxygen atoms in total. The van der Waals surface area contributed by atoms with E-state index in [1.807, 2.05) is 0 Å². The van der Waals surface area contributed by atoms with Crippen LogP contribution in [-0.4, -0.2) is 9.05 Å². The standard InChI is InChI=1S/2Ce.O4Si.O/c;;1-5(2,3)4;/q2*+3;-4;-2. The molecular formula is Ce2O5Si. The maximum atomic E-state index is 8.58. The van der Waals surface area contributed by atoms with Crippen LogP contribution in [0.15, 0.2) is 0 Å². The fourth-order valence-corrected chi connectivity index (χ4v) is 0. The zero-order chi connectivity index (χ0) is 4.50. The van der Waals surface area contributed by atoms with E-state index in [-0.39, 0.29) is 89.0 Å². The van der Waals surface area contributed by atoms with Crippen molar-refractivity contribution in [3.63, 3.8) is 0 Å². The topological polar surface area (TPSA) is 121 Å². The van der Waals surface area contributed by atoms with E-state index in [0.717, 1.165) is 0 Å². The predicted molar refractivity (Wildman–Crippen MR) is 6.44 cm³/mol. The second-order valence-electron chi connectivity index (χ2n) is 0.500. The van der Waals surface area contributed by atoms with Crippen LogP contribution in [0.4, 0.5) is 0 Å². The minimum Gasteiger partial charge on any atom is -2.00 e. The molecule has 0 amide bonds. The Morgan fingerprint density at radius 2 is 0.750 bits per heavy atom. The largest absolute Gasteiger partial charge is 3.00 e. The summed E-state index contributed by atoms with van der Waals surface area (Å²) in [6.07, 6.45) is 0. The van der Waals surface area contributed by atoms with Gasteiger partial charge in [-0.05, 0) is 0 Å². The summed E-state index contributed by atoms with van der Waals surface area (Å²) in [7, 11) is -5.61.